The van der Waals surface area contributed by atoms with Crippen molar-refractivity contribution in [1.29, 1.82) is 0 Å². The fraction of sp³-hybridized carbons (Fsp3) is 1.00. The lowest BCUT2D eigenvalue weighted by Crippen LogP contribution is -2.51. The van der Waals surface area contributed by atoms with Crippen LogP contribution in [-0.2, 0) is 4.74 Å². The molecule has 0 aliphatic carbocycles. The highest BCUT2D eigenvalue weighted by Crippen LogP contribution is 2.12. The van der Waals surface area contributed by atoms with Gasteiger partial charge in [0.2, 0.25) is 0 Å². The molecule has 3 nitrogen and oxygen atoms in total. The van der Waals surface area contributed by atoms with Crippen molar-refractivity contribution >= 4 is 0 Å². The van der Waals surface area contributed by atoms with E-state index in [2.05, 4.69) is 38.0 Å². The molecule has 0 spiro atoms. The Morgan fingerprint density at radius 3 is 2.71 bits per heavy atom. The molecule has 1 aliphatic heterocycles. The van der Waals surface area contributed by atoms with E-state index in [1.54, 1.807) is 0 Å². The molecular formula is C11H24N2O. The van der Waals surface area contributed by atoms with E-state index in [9.17, 15) is 0 Å². The van der Waals surface area contributed by atoms with Crippen LogP contribution in [-0.4, -0.2) is 49.8 Å². The van der Waals surface area contributed by atoms with E-state index in [0.29, 0.717) is 18.2 Å². The molecule has 3 unspecified atom stereocenters. The number of nitrogens with zero attached hydrogens (tertiary/aromatic N) is 1. The number of hydrogen-bond acceptors (Lipinski definition) is 3. The van der Waals surface area contributed by atoms with Crippen molar-refractivity contribution in [3.05, 3.63) is 0 Å². The van der Waals surface area contributed by atoms with Gasteiger partial charge in [-0.1, -0.05) is 6.92 Å². The maximum absolute atomic E-state index is 5.75. The molecule has 0 aromatic carbocycles. The van der Waals surface area contributed by atoms with Crippen LogP contribution in [0.2, 0.25) is 0 Å². The smallest absolute Gasteiger partial charge is 0.0852 e. The average molecular weight is 200 g/mol. The second-order valence-electron chi connectivity index (χ2n) is 4.28. The molecule has 1 saturated heterocycles. The largest absolute Gasteiger partial charge is 0.374 e. The Morgan fingerprint density at radius 2 is 2.21 bits per heavy atom. The number of hydrogen-bond donors (Lipinski definition) is 1. The normalized spacial score (nSPS) is 27.6. The SMILES string of the molecule is CCC(C)N(C)C(C)C1CNCCO1. The fourth-order valence-electron chi connectivity index (χ4n) is 1.85. The van der Waals surface area contributed by atoms with Crippen molar-refractivity contribution in [3.8, 4) is 0 Å². The van der Waals surface area contributed by atoms with Crippen molar-refractivity contribution in [1.82, 2.24) is 10.2 Å². The van der Waals surface area contributed by atoms with Gasteiger partial charge in [-0.3, -0.25) is 4.90 Å². The van der Waals surface area contributed by atoms with Gasteiger partial charge in [0.1, 0.15) is 0 Å². The molecule has 3 heteroatoms. The van der Waals surface area contributed by atoms with Crippen molar-refractivity contribution < 1.29 is 4.74 Å². The molecule has 14 heavy (non-hydrogen) atoms. The molecule has 1 heterocycles. The number of nitrogens with one attached hydrogen (secondary N) is 1. The third-order valence-electron chi connectivity index (χ3n) is 3.42. The lowest BCUT2D eigenvalue weighted by molar-refractivity contribution is -0.0282. The molecule has 0 amide bonds. The highest BCUT2D eigenvalue weighted by Gasteiger charge is 2.25. The molecule has 0 bridgehead atoms. The van der Waals surface area contributed by atoms with Crippen LogP contribution < -0.4 is 5.32 Å². The van der Waals surface area contributed by atoms with Crippen LogP contribution in [0.4, 0.5) is 0 Å². The monoisotopic (exact) mass is 200 g/mol. The Hall–Kier alpha value is -0.120. The van der Waals surface area contributed by atoms with Gasteiger partial charge in [-0.15, -0.1) is 0 Å². The van der Waals surface area contributed by atoms with Gasteiger partial charge < -0.3 is 10.1 Å². The number of ether oxygens (including phenoxy) is 1. The van der Waals surface area contributed by atoms with Gasteiger partial charge in [0.05, 0.1) is 12.7 Å². The Bertz CT molecular complexity index is 155. The molecular weight excluding hydrogens is 176 g/mol. The molecule has 1 fully saturated rings. The van der Waals surface area contributed by atoms with Gasteiger partial charge in [0.25, 0.3) is 0 Å². The zero-order chi connectivity index (χ0) is 10.6. The van der Waals surface area contributed by atoms with Gasteiger partial charge in [0, 0.05) is 25.2 Å². The van der Waals surface area contributed by atoms with Crippen LogP contribution in [0.15, 0.2) is 0 Å². The summed E-state index contributed by atoms with van der Waals surface area (Å²) in [6.07, 6.45) is 1.55. The van der Waals surface area contributed by atoms with Gasteiger partial charge in [-0.2, -0.15) is 0 Å². The number of rotatable bonds is 4. The number of morpholine rings is 1. The first-order valence-electron chi connectivity index (χ1n) is 5.71. The zero-order valence-electron chi connectivity index (χ0n) is 9.92. The third kappa shape index (κ3) is 2.94. The summed E-state index contributed by atoms with van der Waals surface area (Å²) in [4.78, 5) is 2.41. The summed E-state index contributed by atoms with van der Waals surface area (Å²) in [6, 6.07) is 1.13. The molecule has 1 N–H and O–H groups in total. The predicted octanol–water partition coefficient (Wildman–Crippen LogP) is 1.09. The summed E-state index contributed by atoms with van der Waals surface area (Å²) in [6.45, 7) is 9.59. The van der Waals surface area contributed by atoms with Crippen molar-refractivity contribution in [2.45, 2.75) is 45.4 Å². The summed E-state index contributed by atoms with van der Waals surface area (Å²) < 4.78 is 5.75. The van der Waals surface area contributed by atoms with Gasteiger partial charge in [0.15, 0.2) is 0 Å². The van der Waals surface area contributed by atoms with Crippen LogP contribution in [0.25, 0.3) is 0 Å². The minimum Gasteiger partial charge on any atom is -0.374 e. The highest BCUT2D eigenvalue weighted by atomic mass is 16.5. The zero-order valence-corrected chi connectivity index (χ0v) is 9.92. The standard InChI is InChI=1S/C11H24N2O/c1-5-9(2)13(4)10(3)11-8-12-6-7-14-11/h9-12H,5-8H2,1-4H3. The van der Waals surface area contributed by atoms with Crippen LogP contribution >= 0.6 is 0 Å². The first-order valence-corrected chi connectivity index (χ1v) is 5.71. The molecule has 0 radical (unpaired) electrons. The third-order valence-corrected chi connectivity index (χ3v) is 3.42. The Labute approximate surface area is 87.8 Å². The first-order chi connectivity index (χ1) is 6.66. The van der Waals surface area contributed by atoms with Gasteiger partial charge in [-0.25, -0.2) is 0 Å². The van der Waals surface area contributed by atoms with Crippen molar-refractivity contribution in [3.63, 3.8) is 0 Å². The summed E-state index contributed by atoms with van der Waals surface area (Å²) in [5.41, 5.74) is 0. The van der Waals surface area contributed by atoms with E-state index in [0.717, 1.165) is 19.7 Å². The summed E-state index contributed by atoms with van der Waals surface area (Å²) in [5.74, 6) is 0. The Morgan fingerprint density at radius 1 is 1.50 bits per heavy atom. The second kappa shape index (κ2) is 5.69. The topological polar surface area (TPSA) is 24.5 Å². The lowest BCUT2D eigenvalue weighted by Gasteiger charge is -2.37. The Kier molecular flexibility index (Phi) is 4.85. The quantitative estimate of drug-likeness (QED) is 0.735. The van der Waals surface area contributed by atoms with Crippen LogP contribution in [0, 0.1) is 0 Å². The van der Waals surface area contributed by atoms with Crippen molar-refractivity contribution in [2.24, 2.45) is 0 Å². The molecule has 0 aromatic rings. The average Bonchev–Trinajstić information content (AvgIpc) is 2.27. The molecule has 1 rings (SSSR count). The second-order valence-corrected chi connectivity index (χ2v) is 4.28. The molecule has 0 aromatic heterocycles. The summed E-state index contributed by atoms with van der Waals surface area (Å²) >= 11 is 0. The number of likely N-dealkylation sites (N-methyl/N-ethyl adjacent to an activating group) is 1. The summed E-state index contributed by atoms with van der Waals surface area (Å²) in [7, 11) is 2.19. The fourth-order valence-corrected chi connectivity index (χ4v) is 1.85. The molecule has 1 aliphatic rings. The van der Waals surface area contributed by atoms with E-state index in [1.807, 2.05) is 0 Å². The van der Waals surface area contributed by atoms with E-state index >= 15 is 0 Å². The van der Waals surface area contributed by atoms with Crippen LogP contribution in [0.1, 0.15) is 27.2 Å². The van der Waals surface area contributed by atoms with Crippen LogP contribution in [0.3, 0.4) is 0 Å². The van der Waals surface area contributed by atoms with Crippen LogP contribution in [0.5, 0.6) is 0 Å². The van der Waals surface area contributed by atoms with E-state index in [4.69, 9.17) is 4.74 Å². The van der Waals surface area contributed by atoms with Gasteiger partial charge >= 0.3 is 0 Å². The molecule has 3 atom stereocenters. The minimum atomic E-state index is 0.350. The van der Waals surface area contributed by atoms with E-state index in [1.165, 1.54) is 6.42 Å². The maximum Gasteiger partial charge on any atom is 0.0852 e. The molecule has 84 valence electrons. The minimum absolute atomic E-state index is 0.350. The van der Waals surface area contributed by atoms with Gasteiger partial charge in [-0.05, 0) is 27.3 Å². The first kappa shape index (κ1) is 12.0. The molecule has 0 saturated carbocycles. The Balaban J connectivity index is 2.41. The highest BCUT2D eigenvalue weighted by molar-refractivity contribution is 4.81. The lowest BCUT2D eigenvalue weighted by atomic mass is 10.1. The maximum atomic E-state index is 5.75. The predicted molar refractivity (Wildman–Crippen MR) is 59.6 cm³/mol. The van der Waals surface area contributed by atoms with E-state index < -0.39 is 0 Å². The summed E-state index contributed by atoms with van der Waals surface area (Å²) in [5, 5.41) is 3.38. The van der Waals surface area contributed by atoms with E-state index in [-0.39, 0.29) is 0 Å². The van der Waals surface area contributed by atoms with Crippen molar-refractivity contribution in [2.75, 3.05) is 26.7 Å².